The number of nitrogens with zero attached hydrogens (tertiary/aromatic N) is 1. The van der Waals surface area contributed by atoms with Crippen LogP contribution in [-0.4, -0.2) is 42.8 Å². The topological polar surface area (TPSA) is 72.6 Å². The van der Waals surface area contributed by atoms with E-state index in [1.165, 1.54) is 19.2 Å². The van der Waals surface area contributed by atoms with E-state index in [0.717, 1.165) is 25.3 Å². The Kier molecular flexibility index (Phi) is 6.10. The zero-order chi connectivity index (χ0) is 16.8. The summed E-state index contributed by atoms with van der Waals surface area (Å²) in [5.74, 6) is -0.788. The number of likely N-dealkylation sites (tertiary alicyclic amines) is 1. The van der Waals surface area contributed by atoms with E-state index in [9.17, 15) is 14.0 Å². The quantitative estimate of drug-likeness (QED) is 0.815. The van der Waals surface area contributed by atoms with Gasteiger partial charge in [-0.2, -0.15) is 0 Å². The number of carbonyl (C=O) groups is 2. The molecule has 0 saturated carbocycles. The molecule has 0 radical (unpaired) electrons. The Bertz CT molecular complexity index is 577. The van der Waals surface area contributed by atoms with Gasteiger partial charge in [0.15, 0.2) is 17.3 Å². The van der Waals surface area contributed by atoms with Crippen molar-refractivity contribution in [3.05, 3.63) is 29.6 Å². The molecule has 0 aliphatic carbocycles. The van der Waals surface area contributed by atoms with Crippen molar-refractivity contribution in [2.24, 2.45) is 5.73 Å². The van der Waals surface area contributed by atoms with Crippen LogP contribution in [0.3, 0.4) is 0 Å². The number of ether oxygens (including phenoxy) is 1. The predicted octanol–water partition coefficient (Wildman–Crippen LogP) is 2.14. The van der Waals surface area contributed by atoms with Gasteiger partial charge >= 0.3 is 0 Å². The number of ketones is 1. The lowest BCUT2D eigenvalue weighted by atomic mass is 10.0. The molecular formula is C17H23FN2O3. The molecule has 5 nitrogen and oxygen atoms in total. The van der Waals surface area contributed by atoms with Crippen LogP contribution in [0, 0.1) is 5.82 Å². The molecule has 23 heavy (non-hydrogen) atoms. The Morgan fingerprint density at radius 1 is 1.35 bits per heavy atom. The smallest absolute Gasteiger partial charge is 0.223 e. The van der Waals surface area contributed by atoms with E-state index >= 15 is 0 Å². The number of halogens is 1. The van der Waals surface area contributed by atoms with Gasteiger partial charge in [0.2, 0.25) is 5.91 Å². The van der Waals surface area contributed by atoms with Crippen LogP contribution in [0.15, 0.2) is 18.2 Å². The summed E-state index contributed by atoms with van der Waals surface area (Å²) in [6.07, 6.45) is 3.16. The van der Waals surface area contributed by atoms with E-state index in [4.69, 9.17) is 10.5 Å². The fourth-order valence-corrected chi connectivity index (χ4v) is 2.92. The largest absolute Gasteiger partial charge is 0.494 e. The maximum absolute atomic E-state index is 13.6. The van der Waals surface area contributed by atoms with Gasteiger partial charge in [-0.1, -0.05) is 0 Å². The van der Waals surface area contributed by atoms with Crippen LogP contribution >= 0.6 is 0 Å². The Balaban J connectivity index is 1.93. The van der Waals surface area contributed by atoms with Gasteiger partial charge in [0.05, 0.1) is 7.11 Å². The van der Waals surface area contributed by atoms with Gasteiger partial charge in [0.25, 0.3) is 0 Å². The maximum atomic E-state index is 13.6. The highest BCUT2D eigenvalue weighted by Gasteiger charge is 2.25. The highest BCUT2D eigenvalue weighted by molar-refractivity contribution is 5.98. The summed E-state index contributed by atoms with van der Waals surface area (Å²) in [4.78, 5) is 26.2. The minimum Gasteiger partial charge on any atom is -0.494 e. The number of rotatable bonds is 6. The summed E-state index contributed by atoms with van der Waals surface area (Å²) in [6, 6.07) is 4.15. The van der Waals surface area contributed by atoms with Crippen molar-refractivity contribution in [2.45, 2.75) is 38.1 Å². The zero-order valence-corrected chi connectivity index (χ0v) is 13.4. The van der Waals surface area contributed by atoms with Gasteiger partial charge < -0.3 is 15.4 Å². The van der Waals surface area contributed by atoms with Crippen molar-refractivity contribution in [1.82, 2.24) is 4.90 Å². The van der Waals surface area contributed by atoms with Crippen LogP contribution in [0.25, 0.3) is 0 Å². The van der Waals surface area contributed by atoms with Crippen LogP contribution in [0.1, 0.15) is 42.5 Å². The standard InChI is InChI=1S/C17H23FN2O3/c1-23-16-7-5-12(10-14(16)18)15(21)6-8-17(22)20-9-3-2-4-13(20)11-19/h5,7,10,13H,2-4,6,8-9,11,19H2,1H3. The van der Waals surface area contributed by atoms with Crippen molar-refractivity contribution >= 4 is 11.7 Å². The normalized spacial score (nSPS) is 17.9. The molecule has 0 aromatic heterocycles. The van der Waals surface area contributed by atoms with E-state index in [-0.39, 0.29) is 41.9 Å². The average Bonchev–Trinajstić information content (AvgIpc) is 2.59. The Labute approximate surface area is 135 Å². The lowest BCUT2D eigenvalue weighted by molar-refractivity contribution is -0.134. The van der Waals surface area contributed by atoms with Gasteiger partial charge in [-0.15, -0.1) is 0 Å². The minimum absolute atomic E-state index is 0.0533. The SMILES string of the molecule is COc1ccc(C(=O)CCC(=O)N2CCCCC2CN)cc1F. The lowest BCUT2D eigenvalue weighted by Crippen LogP contribution is -2.47. The number of carbonyl (C=O) groups excluding carboxylic acids is 2. The second kappa shape index (κ2) is 8.06. The summed E-state index contributed by atoms with van der Waals surface area (Å²) in [5.41, 5.74) is 5.96. The third kappa shape index (κ3) is 4.28. The number of methoxy groups -OCH3 is 1. The third-order valence-corrected chi connectivity index (χ3v) is 4.26. The molecule has 126 valence electrons. The first-order valence-electron chi connectivity index (χ1n) is 7.93. The molecule has 1 aromatic carbocycles. The van der Waals surface area contributed by atoms with Gasteiger partial charge in [-0.05, 0) is 37.5 Å². The molecule has 1 amide bonds. The molecule has 0 bridgehead atoms. The number of nitrogens with two attached hydrogens (primary N) is 1. The predicted molar refractivity (Wildman–Crippen MR) is 84.9 cm³/mol. The number of benzene rings is 1. The highest BCUT2D eigenvalue weighted by Crippen LogP contribution is 2.20. The number of hydrogen-bond acceptors (Lipinski definition) is 4. The van der Waals surface area contributed by atoms with E-state index in [1.54, 1.807) is 4.90 Å². The molecule has 2 N–H and O–H groups in total. The Hall–Kier alpha value is -1.95. The fourth-order valence-electron chi connectivity index (χ4n) is 2.92. The molecule has 1 fully saturated rings. The molecule has 1 aromatic rings. The third-order valence-electron chi connectivity index (χ3n) is 4.26. The van der Waals surface area contributed by atoms with E-state index in [0.29, 0.717) is 13.1 Å². The van der Waals surface area contributed by atoms with E-state index < -0.39 is 5.82 Å². The summed E-state index contributed by atoms with van der Waals surface area (Å²) < 4.78 is 18.5. The summed E-state index contributed by atoms with van der Waals surface area (Å²) in [7, 11) is 1.37. The molecule has 1 saturated heterocycles. The van der Waals surface area contributed by atoms with Crippen molar-refractivity contribution < 1.29 is 18.7 Å². The number of hydrogen-bond donors (Lipinski definition) is 1. The second-order valence-electron chi connectivity index (χ2n) is 5.74. The van der Waals surface area contributed by atoms with Crippen molar-refractivity contribution in [3.63, 3.8) is 0 Å². The minimum atomic E-state index is -0.580. The van der Waals surface area contributed by atoms with Crippen LogP contribution in [0.5, 0.6) is 5.75 Å². The lowest BCUT2D eigenvalue weighted by Gasteiger charge is -2.35. The van der Waals surface area contributed by atoms with Gasteiger partial charge in [-0.3, -0.25) is 9.59 Å². The second-order valence-corrected chi connectivity index (χ2v) is 5.74. The number of Topliss-reactive ketones (excluding diaryl/α,β-unsaturated/α-hetero) is 1. The van der Waals surface area contributed by atoms with Gasteiger partial charge in [-0.25, -0.2) is 4.39 Å². The molecule has 1 aliphatic rings. The van der Waals surface area contributed by atoms with Crippen LogP contribution in [0.4, 0.5) is 4.39 Å². The summed E-state index contributed by atoms with van der Waals surface area (Å²) in [6.45, 7) is 1.15. The van der Waals surface area contributed by atoms with Crippen molar-refractivity contribution in [3.8, 4) is 5.75 Å². The first kappa shape index (κ1) is 17.4. The average molecular weight is 322 g/mol. The molecule has 1 aliphatic heterocycles. The van der Waals surface area contributed by atoms with E-state index in [1.807, 2.05) is 0 Å². The highest BCUT2D eigenvalue weighted by atomic mass is 19.1. The van der Waals surface area contributed by atoms with Crippen molar-refractivity contribution in [2.75, 3.05) is 20.2 Å². The first-order chi connectivity index (χ1) is 11.1. The molecule has 1 heterocycles. The molecule has 1 unspecified atom stereocenters. The number of piperidine rings is 1. The molecule has 6 heteroatoms. The summed E-state index contributed by atoms with van der Waals surface area (Å²) in [5, 5.41) is 0. The van der Waals surface area contributed by atoms with Crippen LogP contribution < -0.4 is 10.5 Å². The molecule has 2 rings (SSSR count). The monoisotopic (exact) mass is 322 g/mol. The molecule has 0 spiro atoms. The maximum Gasteiger partial charge on any atom is 0.223 e. The summed E-state index contributed by atoms with van der Waals surface area (Å²) >= 11 is 0. The molecule has 1 atom stereocenters. The Morgan fingerprint density at radius 3 is 2.78 bits per heavy atom. The van der Waals surface area contributed by atoms with Crippen LogP contribution in [0.2, 0.25) is 0 Å². The first-order valence-corrected chi connectivity index (χ1v) is 7.93. The van der Waals surface area contributed by atoms with Gasteiger partial charge in [0.1, 0.15) is 0 Å². The van der Waals surface area contributed by atoms with Crippen LogP contribution in [-0.2, 0) is 4.79 Å². The van der Waals surface area contributed by atoms with Gasteiger partial charge in [0, 0.05) is 37.5 Å². The molecular weight excluding hydrogens is 299 g/mol. The zero-order valence-electron chi connectivity index (χ0n) is 13.4. The van der Waals surface area contributed by atoms with Crippen molar-refractivity contribution in [1.29, 1.82) is 0 Å². The van der Waals surface area contributed by atoms with E-state index in [2.05, 4.69) is 0 Å². The fraction of sp³-hybridized carbons (Fsp3) is 0.529. The Morgan fingerprint density at radius 2 is 2.13 bits per heavy atom. The number of amides is 1.